The standard InChI is InChI=1S/C62H80N6O20S2.Na/c1-37(69)67-51-45(71)33-61(59(81)82,87-55(51)53(77)47(73)35-65-57(79)43-19-15-41(16-20-43)39-11-5-3-6-12-39)85-27-9-29-89-31-25-63-49(75)23-24-50(76)64-26-32-90-30-10-28-86-62(60(83)84)34-46(72)52(68-38(2)70)56(88-62)54(78)48(74)36-66-58(80)44-21-17-42(18-22-44)40-13-7-4-8-14-40;/h3-8,11-22,45-48,51-56,71-74,77-78H,9-10,23-36H2,1-2H3,(H,63,75)(H,64,76)(H,65,79)(H,66,80)(H,67,69)(H,68,70)(H,81,82)(H,83,84);/q;+1/t45-,46-,47+,48+,51+,52+,53?,54?,55+,56+,61+,62+;/m0./s1. The number of benzene rings is 4. The van der Waals surface area contributed by atoms with Gasteiger partial charge in [-0.25, -0.2) is 9.59 Å². The minimum absolute atomic E-state index is 0. The molecule has 29 heteroatoms. The molecule has 4 aromatic rings. The fraction of sp³-hybridized carbons (Fsp3) is 0.484. The maximum absolute atomic E-state index is 13.0. The van der Waals surface area contributed by atoms with E-state index in [0.29, 0.717) is 23.0 Å². The molecule has 14 N–H and O–H groups in total. The first kappa shape index (κ1) is 75.7. The number of nitrogens with one attached hydrogen (secondary N) is 6. The van der Waals surface area contributed by atoms with Gasteiger partial charge in [-0.05, 0) is 70.9 Å². The number of aliphatic hydroxyl groups is 6. The molecule has 2 fully saturated rings. The zero-order valence-electron chi connectivity index (χ0n) is 50.8. The Morgan fingerprint density at radius 2 is 0.857 bits per heavy atom. The normalized spacial score (nSPS) is 22.5. The van der Waals surface area contributed by atoms with Crippen LogP contribution < -0.4 is 61.5 Å². The average molecular weight is 1320 g/mol. The summed E-state index contributed by atoms with van der Waals surface area (Å²) in [4.78, 5) is 100. The summed E-state index contributed by atoms with van der Waals surface area (Å²) in [6.45, 7) is 1.41. The minimum atomic E-state index is -2.49. The van der Waals surface area contributed by atoms with E-state index in [2.05, 4.69) is 31.9 Å². The minimum Gasteiger partial charge on any atom is -0.477 e. The van der Waals surface area contributed by atoms with E-state index in [0.717, 1.165) is 36.1 Å². The molecular formula is C62H80N6NaO20S2+. The largest absolute Gasteiger partial charge is 1.00 e. The van der Waals surface area contributed by atoms with Gasteiger partial charge in [0.25, 0.3) is 23.4 Å². The van der Waals surface area contributed by atoms with Crippen LogP contribution in [0.1, 0.15) is 73.1 Å². The van der Waals surface area contributed by atoms with Crippen LogP contribution in [0.2, 0.25) is 0 Å². The Morgan fingerprint density at radius 3 is 1.19 bits per heavy atom. The van der Waals surface area contributed by atoms with E-state index in [-0.39, 0.29) is 104 Å². The molecule has 26 nitrogen and oxygen atoms in total. The number of aliphatic carboxylic acids is 2. The van der Waals surface area contributed by atoms with Gasteiger partial charge in [0.1, 0.15) is 24.4 Å². The summed E-state index contributed by atoms with van der Waals surface area (Å²) in [5.74, 6) is -9.60. The Balaban J connectivity index is 0.0000150. The van der Waals surface area contributed by atoms with Crippen molar-refractivity contribution in [3.63, 3.8) is 0 Å². The van der Waals surface area contributed by atoms with Gasteiger partial charge < -0.3 is 91.7 Å². The van der Waals surface area contributed by atoms with Gasteiger partial charge in [-0.15, -0.1) is 0 Å². The SMILES string of the molecule is CC(=O)N[C@@H]1[C@@H](O)C[C@](OCCCSCCNC(=O)CCC(=O)NCCSCCCO[C@]2(C(=O)O)C[C@H](O)[C@@H](NC(C)=O)[C@H](C(O)[C@H](O)CNC(=O)c3ccc(-c4ccccc4)cc3)O2)(C(=O)O)O[C@H]1C(O)[C@H](O)CNC(=O)c1ccc(-c2ccccc2)cc1.[Na+]. The predicted molar refractivity (Wildman–Crippen MR) is 330 cm³/mol. The van der Waals surface area contributed by atoms with E-state index >= 15 is 0 Å². The molecular weight excluding hydrogens is 1240 g/mol. The number of hydrogen-bond acceptors (Lipinski definition) is 20. The van der Waals surface area contributed by atoms with Crippen molar-refractivity contribution in [2.45, 2.75) is 125 Å². The number of carboxylic acids is 2. The molecule has 6 amide bonds. The molecule has 91 heavy (non-hydrogen) atoms. The number of ether oxygens (including phenoxy) is 4. The summed E-state index contributed by atoms with van der Waals surface area (Å²) < 4.78 is 23.1. The van der Waals surface area contributed by atoms with E-state index in [9.17, 15) is 79.2 Å². The summed E-state index contributed by atoms with van der Waals surface area (Å²) in [5.41, 5.74) is 4.16. The van der Waals surface area contributed by atoms with Gasteiger partial charge in [0.2, 0.25) is 23.6 Å². The molecule has 0 aliphatic carbocycles. The number of rotatable bonds is 35. The summed E-state index contributed by atoms with van der Waals surface area (Å²) in [7, 11) is 0. The molecule has 2 aliphatic heterocycles. The summed E-state index contributed by atoms with van der Waals surface area (Å²) in [5, 5.41) is 103. The number of thioether (sulfide) groups is 2. The van der Waals surface area contributed by atoms with Crippen LogP contribution in [-0.2, 0) is 47.7 Å². The van der Waals surface area contributed by atoms with Crippen LogP contribution in [0.15, 0.2) is 109 Å². The zero-order chi connectivity index (χ0) is 65.4. The number of carboxylic acid groups (broad SMARTS) is 2. The summed E-state index contributed by atoms with van der Waals surface area (Å²) >= 11 is 2.82. The van der Waals surface area contributed by atoms with Crippen LogP contribution in [0, 0.1) is 0 Å². The van der Waals surface area contributed by atoms with Crippen molar-refractivity contribution in [2.24, 2.45) is 0 Å². The van der Waals surface area contributed by atoms with Crippen LogP contribution in [0.4, 0.5) is 0 Å². The van der Waals surface area contributed by atoms with Crippen LogP contribution in [-0.4, -0.2) is 223 Å². The predicted octanol–water partition coefficient (Wildman–Crippen LogP) is -2.21. The summed E-state index contributed by atoms with van der Waals surface area (Å²) in [6.07, 6.45) is -14.9. The number of amides is 6. The fourth-order valence-corrected chi connectivity index (χ4v) is 11.5. The third-order valence-electron chi connectivity index (χ3n) is 14.7. The van der Waals surface area contributed by atoms with E-state index in [1.54, 1.807) is 48.5 Å². The van der Waals surface area contributed by atoms with Crippen molar-refractivity contribution in [3.05, 3.63) is 120 Å². The van der Waals surface area contributed by atoms with Gasteiger partial charge in [-0.2, -0.15) is 23.5 Å². The van der Waals surface area contributed by atoms with Crippen LogP contribution in [0.5, 0.6) is 0 Å². The Bertz CT molecular complexity index is 2800. The van der Waals surface area contributed by atoms with Gasteiger partial charge in [0, 0.05) is 88.3 Å². The number of carbonyl (C=O) groups is 8. The molecule has 0 spiro atoms. The maximum Gasteiger partial charge on any atom is 1.00 e. The molecule has 2 unspecified atom stereocenters. The Labute approximate surface area is 557 Å². The van der Waals surface area contributed by atoms with E-state index < -0.39 is 134 Å². The smallest absolute Gasteiger partial charge is 0.477 e. The van der Waals surface area contributed by atoms with Crippen molar-refractivity contribution in [2.75, 3.05) is 62.4 Å². The first-order valence-electron chi connectivity index (χ1n) is 29.3. The molecule has 6 rings (SSSR count). The molecule has 0 aromatic heterocycles. The molecule has 0 bridgehead atoms. The second-order valence-corrected chi connectivity index (χ2v) is 24.0. The van der Waals surface area contributed by atoms with Gasteiger partial charge >= 0.3 is 41.5 Å². The quantitative estimate of drug-likeness (QED) is 0.0172. The Kier molecular flexibility index (Phi) is 31.3. The third-order valence-corrected chi connectivity index (χ3v) is 16.8. The molecule has 2 aliphatic rings. The van der Waals surface area contributed by atoms with Crippen molar-refractivity contribution in [1.29, 1.82) is 0 Å². The van der Waals surface area contributed by atoms with Crippen LogP contribution in [0.3, 0.4) is 0 Å². The second-order valence-electron chi connectivity index (χ2n) is 21.5. The van der Waals surface area contributed by atoms with Crippen molar-refractivity contribution in [1.82, 2.24) is 31.9 Å². The van der Waals surface area contributed by atoms with Crippen molar-refractivity contribution < 1.29 is 128 Å². The topological polar surface area (TPSA) is 408 Å². The van der Waals surface area contributed by atoms with Crippen LogP contribution in [0.25, 0.3) is 22.3 Å². The first-order valence-corrected chi connectivity index (χ1v) is 31.6. The van der Waals surface area contributed by atoms with Gasteiger partial charge in [0.05, 0.1) is 49.7 Å². The molecule has 490 valence electrons. The molecule has 4 aromatic carbocycles. The molecule has 0 saturated carbocycles. The number of hydrogen-bond donors (Lipinski definition) is 14. The van der Waals surface area contributed by atoms with Crippen molar-refractivity contribution >= 4 is 70.9 Å². The second kappa shape index (κ2) is 37.6. The molecule has 12 atom stereocenters. The van der Waals surface area contributed by atoms with Gasteiger partial charge in [-0.3, -0.25) is 28.8 Å². The third kappa shape index (κ3) is 22.9. The van der Waals surface area contributed by atoms with Crippen LogP contribution >= 0.6 is 23.5 Å². The summed E-state index contributed by atoms with van der Waals surface area (Å²) in [6, 6.07) is 29.6. The Hall–Kier alpha value is -6.06. The van der Waals surface area contributed by atoms with E-state index in [1.807, 2.05) is 60.7 Å². The first-order chi connectivity index (χ1) is 43.0. The van der Waals surface area contributed by atoms with E-state index in [1.165, 1.54) is 23.5 Å². The molecule has 2 saturated heterocycles. The van der Waals surface area contributed by atoms with Gasteiger partial charge in [0.15, 0.2) is 0 Å². The maximum atomic E-state index is 13.0. The van der Waals surface area contributed by atoms with Gasteiger partial charge in [-0.1, -0.05) is 84.9 Å². The Morgan fingerprint density at radius 1 is 0.516 bits per heavy atom. The molecule has 0 radical (unpaired) electrons. The zero-order valence-corrected chi connectivity index (χ0v) is 54.4. The number of carbonyl (C=O) groups excluding carboxylic acids is 6. The van der Waals surface area contributed by atoms with E-state index in [4.69, 9.17) is 18.9 Å². The van der Waals surface area contributed by atoms with Crippen molar-refractivity contribution in [3.8, 4) is 22.3 Å². The monoisotopic (exact) mass is 1320 g/mol. The average Bonchev–Trinajstić information content (AvgIpc) is 0.867. The molecule has 2 heterocycles. The fourth-order valence-electron chi connectivity index (χ4n) is 10.00. The number of aliphatic hydroxyl groups excluding tert-OH is 6.